The molecule has 1 aromatic rings. The topological polar surface area (TPSA) is 64.6 Å². The first-order valence-corrected chi connectivity index (χ1v) is 8.31. The number of alkyl halides is 6. The molecule has 0 radical (unpaired) electrons. The number of hydrogen-bond acceptors (Lipinski definition) is 4. The highest BCUT2D eigenvalue weighted by Crippen LogP contribution is 2.49. The van der Waals surface area contributed by atoms with Crippen LogP contribution in [0.2, 0.25) is 0 Å². The molecule has 1 aromatic carbocycles. The van der Waals surface area contributed by atoms with Gasteiger partial charge in [-0.15, -0.1) is 0 Å². The molecule has 0 aliphatic rings. The summed E-state index contributed by atoms with van der Waals surface area (Å²) in [7, 11) is 0.658. The SMILES string of the molecule is COC(=O)C(Cc1ccccc1)C(NC(=O)OC(C)(C)C)(C(F)(F)F)C(F)(F)F. The van der Waals surface area contributed by atoms with Gasteiger partial charge in [0.2, 0.25) is 5.54 Å². The van der Waals surface area contributed by atoms with Gasteiger partial charge in [0.05, 0.1) is 7.11 Å². The van der Waals surface area contributed by atoms with Gasteiger partial charge in [-0.05, 0) is 32.8 Å². The van der Waals surface area contributed by atoms with Crippen LogP contribution in [0.25, 0.3) is 0 Å². The van der Waals surface area contributed by atoms with E-state index in [0.29, 0.717) is 7.11 Å². The Kier molecular flexibility index (Phi) is 7.20. The molecule has 1 unspecified atom stereocenters. The summed E-state index contributed by atoms with van der Waals surface area (Å²) in [6.07, 6.45) is -15.2. The maximum atomic E-state index is 13.9. The number of methoxy groups -OCH3 is 1. The summed E-state index contributed by atoms with van der Waals surface area (Å²) in [5, 5.41) is 0.891. The molecule has 0 saturated heterocycles. The average molecular weight is 429 g/mol. The largest absolute Gasteiger partial charge is 0.469 e. The lowest BCUT2D eigenvalue weighted by molar-refractivity contribution is -0.319. The number of esters is 1. The van der Waals surface area contributed by atoms with Gasteiger partial charge in [0.1, 0.15) is 11.5 Å². The smallest absolute Gasteiger partial charge is 0.421 e. The van der Waals surface area contributed by atoms with Crippen molar-refractivity contribution >= 4 is 12.1 Å². The van der Waals surface area contributed by atoms with Crippen LogP contribution in [-0.4, -0.2) is 42.7 Å². The normalized spacial score (nSPS) is 14.1. The van der Waals surface area contributed by atoms with E-state index in [1.54, 1.807) is 0 Å². The third kappa shape index (κ3) is 5.77. The van der Waals surface area contributed by atoms with Crippen molar-refractivity contribution < 1.29 is 45.4 Å². The number of carbonyl (C=O) groups is 2. The first-order chi connectivity index (χ1) is 13.0. The molecular weight excluding hydrogens is 408 g/mol. The second kappa shape index (κ2) is 8.50. The van der Waals surface area contributed by atoms with Crippen LogP contribution in [0.1, 0.15) is 26.3 Å². The molecular formula is C18H21F6NO4. The molecule has 5 nitrogen and oxygen atoms in total. The number of benzene rings is 1. The van der Waals surface area contributed by atoms with Crippen molar-refractivity contribution in [3.63, 3.8) is 0 Å². The summed E-state index contributed by atoms with van der Waals surface area (Å²) >= 11 is 0. The van der Waals surface area contributed by atoms with Crippen molar-refractivity contribution in [2.45, 2.75) is 50.7 Å². The minimum atomic E-state index is -6.10. The van der Waals surface area contributed by atoms with E-state index in [4.69, 9.17) is 0 Å². The zero-order valence-electron chi connectivity index (χ0n) is 16.1. The van der Waals surface area contributed by atoms with Crippen LogP contribution >= 0.6 is 0 Å². The molecule has 0 heterocycles. The molecule has 29 heavy (non-hydrogen) atoms. The van der Waals surface area contributed by atoms with E-state index in [9.17, 15) is 35.9 Å². The van der Waals surface area contributed by atoms with Crippen LogP contribution in [-0.2, 0) is 20.7 Å². The molecule has 1 amide bonds. The van der Waals surface area contributed by atoms with Crippen molar-refractivity contribution in [2.75, 3.05) is 7.11 Å². The van der Waals surface area contributed by atoms with Gasteiger partial charge in [-0.2, -0.15) is 26.3 Å². The fourth-order valence-electron chi connectivity index (χ4n) is 2.65. The molecule has 0 saturated carbocycles. The summed E-state index contributed by atoms with van der Waals surface area (Å²) in [5.41, 5.74) is -6.31. The summed E-state index contributed by atoms with van der Waals surface area (Å²) in [6.45, 7) is 3.78. The number of hydrogen-bond donors (Lipinski definition) is 1. The molecule has 11 heteroatoms. The van der Waals surface area contributed by atoms with Crippen LogP contribution in [0.3, 0.4) is 0 Å². The van der Waals surface area contributed by atoms with E-state index < -0.39 is 47.9 Å². The summed E-state index contributed by atoms with van der Waals surface area (Å²) < 4.78 is 92.3. The van der Waals surface area contributed by atoms with Gasteiger partial charge in [-0.1, -0.05) is 30.3 Å². The highest BCUT2D eigenvalue weighted by molar-refractivity contribution is 5.77. The number of halogens is 6. The van der Waals surface area contributed by atoms with E-state index in [1.165, 1.54) is 51.1 Å². The molecule has 0 bridgehead atoms. The molecule has 0 spiro atoms. The predicted octanol–water partition coefficient (Wildman–Crippen LogP) is 4.41. The molecule has 164 valence electrons. The van der Waals surface area contributed by atoms with E-state index in [2.05, 4.69) is 9.47 Å². The standard InChI is InChI=1S/C18H21F6NO4/c1-15(2,3)29-14(27)25-16(17(19,20)21,18(22,23)24)12(13(26)28-4)10-11-8-6-5-7-9-11/h5-9,12H,10H2,1-4H3,(H,25,27). The second-order valence-electron chi connectivity index (χ2n) is 7.20. The highest BCUT2D eigenvalue weighted by Gasteiger charge is 2.77. The molecule has 1 atom stereocenters. The minimum Gasteiger partial charge on any atom is -0.469 e. The Morgan fingerprint density at radius 1 is 0.966 bits per heavy atom. The van der Waals surface area contributed by atoms with Gasteiger partial charge in [0.15, 0.2) is 0 Å². The van der Waals surface area contributed by atoms with E-state index >= 15 is 0 Å². The van der Waals surface area contributed by atoms with Gasteiger partial charge >= 0.3 is 24.4 Å². The number of carbonyl (C=O) groups excluding carboxylic acids is 2. The lowest BCUT2D eigenvalue weighted by atomic mass is 9.78. The van der Waals surface area contributed by atoms with Crippen molar-refractivity contribution in [2.24, 2.45) is 5.92 Å². The number of rotatable bonds is 5. The fraction of sp³-hybridized carbons (Fsp3) is 0.556. The zero-order chi connectivity index (χ0) is 22.7. The van der Waals surface area contributed by atoms with E-state index in [0.717, 1.165) is 5.32 Å². The Labute approximate surface area is 163 Å². The van der Waals surface area contributed by atoms with Crippen LogP contribution < -0.4 is 5.32 Å². The number of ether oxygens (including phenoxy) is 2. The van der Waals surface area contributed by atoms with Gasteiger partial charge < -0.3 is 9.47 Å². The summed E-state index contributed by atoms with van der Waals surface area (Å²) in [6, 6.07) is 6.76. The number of amides is 1. The zero-order valence-corrected chi connectivity index (χ0v) is 16.1. The first kappa shape index (κ1) is 24.6. The van der Waals surface area contributed by atoms with Crippen molar-refractivity contribution in [3.05, 3.63) is 35.9 Å². The number of alkyl carbamates (subject to hydrolysis) is 1. The lowest BCUT2D eigenvalue weighted by Crippen LogP contribution is -2.73. The Morgan fingerprint density at radius 3 is 1.83 bits per heavy atom. The lowest BCUT2D eigenvalue weighted by Gasteiger charge is -2.42. The average Bonchev–Trinajstić information content (AvgIpc) is 2.54. The minimum absolute atomic E-state index is 0.00626. The van der Waals surface area contributed by atoms with Crippen LogP contribution in [0, 0.1) is 5.92 Å². The van der Waals surface area contributed by atoms with Crippen molar-refractivity contribution in [1.29, 1.82) is 0 Å². The molecule has 0 aliphatic heterocycles. The molecule has 0 aliphatic carbocycles. The molecule has 1 rings (SSSR count). The first-order valence-electron chi connectivity index (χ1n) is 8.31. The van der Waals surface area contributed by atoms with Gasteiger partial charge in [0.25, 0.3) is 0 Å². The summed E-state index contributed by atoms with van der Waals surface area (Å²) in [4.78, 5) is 24.1. The van der Waals surface area contributed by atoms with Crippen LogP contribution in [0.15, 0.2) is 30.3 Å². The van der Waals surface area contributed by atoms with Crippen LogP contribution in [0.4, 0.5) is 31.1 Å². The number of nitrogens with one attached hydrogen (secondary N) is 1. The predicted molar refractivity (Wildman–Crippen MR) is 89.9 cm³/mol. The Bertz CT molecular complexity index is 696. The Balaban J connectivity index is 3.63. The van der Waals surface area contributed by atoms with E-state index in [-0.39, 0.29) is 5.56 Å². The molecule has 1 N–H and O–H groups in total. The van der Waals surface area contributed by atoms with Crippen LogP contribution in [0.5, 0.6) is 0 Å². The maximum Gasteiger partial charge on any atom is 0.421 e. The molecule has 0 fully saturated rings. The quantitative estimate of drug-likeness (QED) is 0.557. The second-order valence-corrected chi connectivity index (χ2v) is 7.20. The summed E-state index contributed by atoms with van der Waals surface area (Å²) in [5.74, 6) is -4.65. The molecule has 0 aromatic heterocycles. The van der Waals surface area contributed by atoms with Crippen molar-refractivity contribution in [3.8, 4) is 0 Å². The fourth-order valence-corrected chi connectivity index (χ4v) is 2.65. The van der Waals surface area contributed by atoms with E-state index in [1.807, 2.05) is 0 Å². The third-order valence-corrected chi connectivity index (χ3v) is 3.88. The third-order valence-electron chi connectivity index (χ3n) is 3.88. The van der Waals surface area contributed by atoms with Gasteiger partial charge in [0, 0.05) is 0 Å². The Morgan fingerprint density at radius 2 is 1.45 bits per heavy atom. The highest BCUT2D eigenvalue weighted by atomic mass is 19.4. The Hall–Kier alpha value is -2.46. The van der Waals surface area contributed by atoms with Crippen molar-refractivity contribution in [1.82, 2.24) is 5.32 Å². The van der Waals surface area contributed by atoms with Gasteiger partial charge in [-0.3, -0.25) is 10.1 Å². The van der Waals surface area contributed by atoms with Gasteiger partial charge in [-0.25, -0.2) is 4.79 Å². The maximum absolute atomic E-state index is 13.9. The monoisotopic (exact) mass is 429 g/mol.